The minimum Gasteiger partial charge on any atom is -0.267 e. The normalized spacial score (nSPS) is 10.5. The van der Waals surface area contributed by atoms with Crippen molar-refractivity contribution in [3.05, 3.63) is 63.5 Å². The van der Waals surface area contributed by atoms with Gasteiger partial charge in [-0.3, -0.25) is 9.78 Å². The highest BCUT2D eigenvalue weighted by Gasteiger charge is 2.01. The van der Waals surface area contributed by atoms with E-state index in [-0.39, 0.29) is 5.91 Å². The maximum Gasteiger partial charge on any atom is 0.271 e. The standard InChI is InChI=1S/C13H10IN3O/c14-12-3-1-2-10(8-12)9-16-17-13(18)11-4-6-15-7-5-11/h1-9H,(H,17,18)/b16-9-. The van der Waals surface area contributed by atoms with Crippen LogP contribution in [0.5, 0.6) is 0 Å². The molecule has 0 spiro atoms. The number of hydrogen-bond donors (Lipinski definition) is 1. The zero-order valence-electron chi connectivity index (χ0n) is 9.38. The third-order valence-electron chi connectivity index (χ3n) is 2.17. The molecule has 18 heavy (non-hydrogen) atoms. The average Bonchev–Trinajstić information content (AvgIpc) is 2.40. The Morgan fingerprint density at radius 2 is 2.06 bits per heavy atom. The lowest BCUT2D eigenvalue weighted by Crippen LogP contribution is -2.17. The van der Waals surface area contributed by atoms with Crippen LogP contribution in [0, 0.1) is 3.57 Å². The average molecular weight is 351 g/mol. The zero-order valence-corrected chi connectivity index (χ0v) is 11.5. The van der Waals surface area contributed by atoms with Crippen LogP contribution in [0.25, 0.3) is 0 Å². The number of pyridine rings is 1. The number of halogens is 1. The summed E-state index contributed by atoms with van der Waals surface area (Å²) < 4.78 is 1.12. The number of rotatable bonds is 3. The molecule has 2 aromatic rings. The predicted molar refractivity (Wildman–Crippen MR) is 78.5 cm³/mol. The molecule has 0 saturated carbocycles. The van der Waals surface area contributed by atoms with Gasteiger partial charge in [0, 0.05) is 21.5 Å². The number of nitrogens with zero attached hydrogens (tertiary/aromatic N) is 2. The fourth-order valence-corrected chi connectivity index (χ4v) is 1.89. The molecule has 0 aliphatic heterocycles. The summed E-state index contributed by atoms with van der Waals surface area (Å²) in [7, 11) is 0. The van der Waals surface area contributed by atoms with Crippen LogP contribution in [0.3, 0.4) is 0 Å². The van der Waals surface area contributed by atoms with E-state index < -0.39 is 0 Å². The first-order valence-corrected chi connectivity index (χ1v) is 6.32. The molecule has 0 saturated heterocycles. The summed E-state index contributed by atoms with van der Waals surface area (Å²) in [5.74, 6) is -0.251. The summed E-state index contributed by atoms with van der Waals surface area (Å²) in [6.45, 7) is 0. The van der Waals surface area contributed by atoms with Gasteiger partial charge in [0.15, 0.2) is 0 Å². The van der Waals surface area contributed by atoms with Gasteiger partial charge in [-0.05, 0) is 52.4 Å². The molecule has 1 aromatic heterocycles. The Morgan fingerprint density at radius 1 is 1.28 bits per heavy atom. The highest BCUT2D eigenvalue weighted by Crippen LogP contribution is 2.05. The SMILES string of the molecule is O=C(N/N=C\c1cccc(I)c1)c1ccncc1. The third kappa shape index (κ3) is 3.63. The van der Waals surface area contributed by atoms with Crippen LogP contribution >= 0.6 is 22.6 Å². The van der Waals surface area contributed by atoms with Crippen LogP contribution in [0.15, 0.2) is 53.9 Å². The highest BCUT2D eigenvalue weighted by atomic mass is 127. The van der Waals surface area contributed by atoms with Crippen molar-refractivity contribution in [2.24, 2.45) is 5.10 Å². The van der Waals surface area contributed by atoms with Gasteiger partial charge in [0.1, 0.15) is 0 Å². The van der Waals surface area contributed by atoms with Gasteiger partial charge in [-0.1, -0.05) is 12.1 Å². The Bertz CT molecular complexity index is 569. The van der Waals surface area contributed by atoms with Gasteiger partial charge in [-0.25, -0.2) is 5.43 Å². The van der Waals surface area contributed by atoms with E-state index in [9.17, 15) is 4.79 Å². The van der Waals surface area contributed by atoms with Crippen molar-refractivity contribution >= 4 is 34.7 Å². The van der Waals surface area contributed by atoms with Crippen molar-refractivity contribution in [3.8, 4) is 0 Å². The minimum absolute atomic E-state index is 0.251. The summed E-state index contributed by atoms with van der Waals surface area (Å²) in [6, 6.07) is 11.1. The molecule has 1 amide bonds. The molecule has 0 fully saturated rings. The number of aromatic nitrogens is 1. The zero-order chi connectivity index (χ0) is 12.8. The first-order valence-electron chi connectivity index (χ1n) is 5.25. The van der Waals surface area contributed by atoms with Gasteiger partial charge in [0.2, 0.25) is 0 Å². The smallest absolute Gasteiger partial charge is 0.267 e. The topological polar surface area (TPSA) is 54.4 Å². The number of amides is 1. The quantitative estimate of drug-likeness (QED) is 0.525. The highest BCUT2D eigenvalue weighted by molar-refractivity contribution is 14.1. The van der Waals surface area contributed by atoms with Gasteiger partial charge in [0.25, 0.3) is 5.91 Å². The van der Waals surface area contributed by atoms with Crippen molar-refractivity contribution in [3.63, 3.8) is 0 Å². The Kier molecular flexibility index (Phi) is 4.40. The molecular formula is C13H10IN3O. The first kappa shape index (κ1) is 12.7. The van der Waals surface area contributed by atoms with E-state index in [4.69, 9.17) is 0 Å². The number of benzene rings is 1. The molecule has 0 bridgehead atoms. The number of hydrogen-bond acceptors (Lipinski definition) is 3. The van der Waals surface area contributed by atoms with Gasteiger partial charge >= 0.3 is 0 Å². The molecule has 0 aliphatic rings. The summed E-state index contributed by atoms with van der Waals surface area (Å²) in [5, 5.41) is 3.91. The van der Waals surface area contributed by atoms with Gasteiger partial charge in [-0.2, -0.15) is 5.10 Å². The molecule has 90 valence electrons. The largest absolute Gasteiger partial charge is 0.271 e. The maximum atomic E-state index is 11.6. The van der Waals surface area contributed by atoms with Crippen LogP contribution in [-0.2, 0) is 0 Å². The first-order chi connectivity index (χ1) is 8.75. The fraction of sp³-hybridized carbons (Fsp3) is 0. The molecule has 0 atom stereocenters. The lowest BCUT2D eigenvalue weighted by Gasteiger charge is -1.98. The van der Waals surface area contributed by atoms with Crippen molar-refractivity contribution in [2.45, 2.75) is 0 Å². The fourth-order valence-electron chi connectivity index (χ4n) is 1.32. The monoisotopic (exact) mass is 351 g/mol. The second kappa shape index (κ2) is 6.25. The molecule has 2 rings (SSSR count). The van der Waals surface area contributed by atoms with Crippen LogP contribution in [0.1, 0.15) is 15.9 Å². The van der Waals surface area contributed by atoms with Crippen molar-refractivity contribution in [2.75, 3.05) is 0 Å². The Balaban J connectivity index is 1.98. The van der Waals surface area contributed by atoms with Crippen LogP contribution in [0.2, 0.25) is 0 Å². The van der Waals surface area contributed by atoms with Crippen LogP contribution < -0.4 is 5.43 Å². The van der Waals surface area contributed by atoms with E-state index in [1.807, 2.05) is 24.3 Å². The maximum absolute atomic E-state index is 11.6. The van der Waals surface area contributed by atoms with E-state index in [2.05, 4.69) is 38.1 Å². The van der Waals surface area contributed by atoms with E-state index in [0.717, 1.165) is 9.13 Å². The molecule has 1 N–H and O–H groups in total. The second-order valence-corrected chi connectivity index (χ2v) is 4.74. The molecular weight excluding hydrogens is 341 g/mol. The predicted octanol–water partition coefficient (Wildman–Crippen LogP) is 2.45. The second-order valence-electron chi connectivity index (χ2n) is 3.49. The lowest BCUT2D eigenvalue weighted by atomic mass is 10.2. The van der Waals surface area contributed by atoms with E-state index >= 15 is 0 Å². The lowest BCUT2D eigenvalue weighted by molar-refractivity contribution is 0.0955. The molecule has 4 nitrogen and oxygen atoms in total. The van der Waals surface area contributed by atoms with Crippen LogP contribution in [0.4, 0.5) is 0 Å². The summed E-state index contributed by atoms with van der Waals surface area (Å²) in [6.07, 6.45) is 4.75. The molecule has 0 radical (unpaired) electrons. The number of hydrazone groups is 1. The molecule has 5 heteroatoms. The molecule has 1 aromatic carbocycles. The summed E-state index contributed by atoms with van der Waals surface area (Å²) in [5.41, 5.74) is 3.94. The Hall–Kier alpha value is -1.76. The summed E-state index contributed by atoms with van der Waals surface area (Å²) >= 11 is 2.22. The van der Waals surface area contributed by atoms with E-state index in [1.165, 1.54) is 0 Å². The molecule has 1 heterocycles. The Labute approximate surface area is 118 Å². The minimum atomic E-state index is -0.251. The Morgan fingerprint density at radius 3 is 2.78 bits per heavy atom. The number of carbonyl (C=O) groups excluding carboxylic acids is 1. The third-order valence-corrected chi connectivity index (χ3v) is 2.84. The van der Waals surface area contributed by atoms with Crippen molar-refractivity contribution < 1.29 is 4.79 Å². The van der Waals surface area contributed by atoms with Gasteiger partial charge in [0.05, 0.1) is 6.21 Å². The number of nitrogens with one attached hydrogen (secondary N) is 1. The molecule has 0 unspecified atom stereocenters. The van der Waals surface area contributed by atoms with Gasteiger partial charge < -0.3 is 0 Å². The van der Waals surface area contributed by atoms with Gasteiger partial charge in [-0.15, -0.1) is 0 Å². The van der Waals surface area contributed by atoms with E-state index in [0.29, 0.717) is 5.56 Å². The number of carbonyl (C=O) groups is 1. The molecule has 0 aliphatic carbocycles. The summed E-state index contributed by atoms with van der Waals surface area (Å²) in [4.78, 5) is 15.5. The van der Waals surface area contributed by atoms with Crippen LogP contribution in [-0.4, -0.2) is 17.1 Å². The van der Waals surface area contributed by atoms with Crippen molar-refractivity contribution in [1.82, 2.24) is 10.4 Å². The van der Waals surface area contributed by atoms with Crippen molar-refractivity contribution in [1.29, 1.82) is 0 Å². The van der Waals surface area contributed by atoms with E-state index in [1.54, 1.807) is 30.7 Å².